The number of carboxylic acids is 1. The van der Waals surface area contributed by atoms with Gasteiger partial charge in [-0.3, -0.25) is 14.4 Å². The molecule has 2 aromatic rings. The highest BCUT2D eigenvalue weighted by Crippen LogP contribution is 2.19. The average molecular weight is 461 g/mol. The Morgan fingerprint density at radius 1 is 1.00 bits per heavy atom. The number of carbonyl (C=O) groups excluding carboxylic acids is 3. The molecule has 0 spiro atoms. The first-order valence-corrected chi connectivity index (χ1v) is 10.9. The Hall–Kier alpha value is -3.44. The Labute approximate surface area is 191 Å². The molecule has 180 valence electrons. The maximum atomic E-state index is 12.9. The van der Waals surface area contributed by atoms with E-state index in [4.69, 9.17) is 17.2 Å². The Morgan fingerprint density at radius 3 is 2.36 bits per heavy atom. The third-order valence-electron chi connectivity index (χ3n) is 5.33. The number of nitrogens with two attached hydrogens (primary N) is 3. The first-order chi connectivity index (χ1) is 15.7. The van der Waals surface area contributed by atoms with Crippen LogP contribution in [-0.2, 0) is 25.6 Å². The maximum Gasteiger partial charge on any atom is 0.326 e. The topological polar surface area (TPSA) is 206 Å². The monoisotopic (exact) mass is 460 g/mol. The standard InChI is InChI=1S/C22H32N6O5/c23-10-4-3-6-15(24)20(30)27-17(8-9-19(25)29)21(31)28-18(22(32)33)11-13-12-26-16-7-2-1-5-14(13)16/h1-2,5,7,12,15,17-18,26H,3-4,6,8-11,23-24H2,(H2,25,29)(H,27,30)(H,28,31)(H,32,33)/t15-,17-,18-/m0/s1. The zero-order valence-corrected chi connectivity index (χ0v) is 18.4. The maximum absolute atomic E-state index is 12.9. The number of aromatic nitrogens is 1. The summed E-state index contributed by atoms with van der Waals surface area (Å²) < 4.78 is 0. The molecule has 0 aliphatic heterocycles. The van der Waals surface area contributed by atoms with Crippen LogP contribution in [0.3, 0.4) is 0 Å². The zero-order chi connectivity index (χ0) is 24.4. The minimum atomic E-state index is -1.25. The second-order valence-corrected chi connectivity index (χ2v) is 7.92. The van der Waals surface area contributed by atoms with Crippen molar-refractivity contribution < 1.29 is 24.3 Å². The molecule has 3 atom stereocenters. The number of rotatable bonds is 14. The summed E-state index contributed by atoms with van der Waals surface area (Å²) in [7, 11) is 0. The number of hydrogen-bond donors (Lipinski definition) is 7. The van der Waals surface area contributed by atoms with Crippen LogP contribution in [0, 0.1) is 0 Å². The summed E-state index contributed by atoms with van der Waals surface area (Å²) in [5, 5.41) is 15.5. The van der Waals surface area contributed by atoms with Gasteiger partial charge in [-0.2, -0.15) is 0 Å². The Kier molecular flexibility index (Phi) is 9.83. The Balaban J connectivity index is 2.09. The lowest BCUT2D eigenvalue weighted by molar-refractivity contribution is -0.142. The van der Waals surface area contributed by atoms with Gasteiger partial charge in [0.25, 0.3) is 0 Å². The fourth-order valence-electron chi connectivity index (χ4n) is 3.47. The van der Waals surface area contributed by atoms with Gasteiger partial charge in [-0.05, 0) is 37.4 Å². The lowest BCUT2D eigenvalue weighted by Crippen LogP contribution is -2.55. The van der Waals surface area contributed by atoms with Crippen molar-refractivity contribution in [2.45, 2.75) is 56.7 Å². The van der Waals surface area contributed by atoms with E-state index in [0.717, 1.165) is 16.5 Å². The van der Waals surface area contributed by atoms with E-state index in [2.05, 4.69) is 15.6 Å². The van der Waals surface area contributed by atoms with Crippen LogP contribution in [-0.4, -0.2) is 58.5 Å². The molecule has 0 saturated heterocycles. The van der Waals surface area contributed by atoms with Crippen molar-refractivity contribution in [3.05, 3.63) is 36.0 Å². The van der Waals surface area contributed by atoms with Gasteiger partial charge in [0.1, 0.15) is 12.1 Å². The number of unbranched alkanes of at least 4 members (excludes halogenated alkanes) is 1. The summed E-state index contributed by atoms with van der Waals surface area (Å²) in [5.41, 5.74) is 18.1. The van der Waals surface area contributed by atoms with E-state index < -0.39 is 41.8 Å². The van der Waals surface area contributed by atoms with Crippen molar-refractivity contribution in [2.75, 3.05) is 6.54 Å². The van der Waals surface area contributed by atoms with E-state index in [1.54, 1.807) is 6.20 Å². The molecule has 0 saturated carbocycles. The van der Waals surface area contributed by atoms with E-state index >= 15 is 0 Å². The van der Waals surface area contributed by atoms with Gasteiger partial charge in [0.2, 0.25) is 17.7 Å². The number of para-hydroxylation sites is 1. The van der Waals surface area contributed by atoms with Crippen molar-refractivity contribution in [2.24, 2.45) is 17.2 Å². The van der Waals surface area contributed by atoms with E-state index in [0.29, 0.717) is 25.8 Å². The predicted octanol–water partition coefficient (Wildman–Crippen LogP) is -0.514. The van der Waals surface area contributed by atoms with Crippen LogP contribution in [0.2, 0.25) is 0 Å². The van der Waals surface area contributed by atoms with Crippen LogP contribution < -0.4 is 27.8 Å². The smallest absolute Gasteiger partial charge is 0.326 e. The fraction of sp³-hybridized carbons (Fsp3) is 0.455. The summed E-state index contributed by atoms with van der Waals surface area (Å²) >= 11 is 0. The number of aromatic amines is 1. The van der Waals surface area contributed by atoms with Crippen LogP contribution in [0.25, 0.3) is 10.9 Å². The summed E-state index contributed by atoms with van der Waals surface area (Å²) in [6, 6.07) is 4.13. The first-order valence-electron chi connectivity index (χ1n) is 10.9. The van der Waals surface area contributed by atoms with Gasteiger partial charge in [0.15, 0.2) is 0 Å². The number of primary amides is 1. The summed E-state index contributed by atoms with van der Waals surface area (Å²) in [5.74, 6) is -3.18. The number of amides is 3. The first kappa shape index (κ1) is 25.8. The minimum Gasteiger partial charge on any atom is -0.480 e. The molecule has 11 heteroatoms. The van der Waals surface area contributed by atoms with E-state index in [-0.39, 0.29) is 19.3 Å². The molecule has 11 nitrogen and oxygen atoms in total. The molecule has 0 aliphatic carbocycles. The number of fused-ring (bicyclic) bond motifs is 1. The van der Waals surface area contributed by atoms with Gasteiger partial charge in [0, 0.05) is 29.9 Å². The molecule has 0 bridgehead atoms. The molecule has 1 aromatic carbocycles. The number of nitrogens with one attached hydrogen (secondary N) is 3. The number of carboxylic acid groups (broad SMARTS) is 1. The van der Waals surface area contributed by atoms with E-state index in [1.165, 1.54) is 0 Å². The predicted molar refractivity (Wildman–Crippen MR) is 123 cm³/mol. The van der Waals surface area contributed by atoms with E-state index in [9.17, 15) is 24.3 Å². The second kappa shape index (κ2) is 12.6. The molecule has 3 amide bonds. The highest BCUT2D eigenvalue weighted by Gasteiger charge is 2.28. The lowest BCUT2D eigenvalue weighted by atomic mass is 10.0. The van der Waals surface area contributed by atoms with Crippen molar-refractivity contribution in [1.29, 1.82) is 0 Å². The van der Waals surface area contributed by atoms with Crippen LogP contribution >= 0.6 is 0 Å². The highest BCUT2D eigenvalue weighted by molar-refractivity contribution is 5.92. The fourth-order valence-corrected chi connectivity index (χ4v) is 3.47. The van der Waals surface area contributed by atoms with Gasteiger partial charge < -0.3 is 37.9 Å². The molecule has 0 radical (unpaired) electrons. The van der Waals surface area contributed by atoms with Crippen molar-refractivity contribution in [1.82, 2.24) is 15.6 Å². The normalized spacial score (nSPS) is 13.8. The molecule has 33 heavy (non-hydrogen) atoms. The third-order valence-corrected chi connectivity index (χ3v) is 5.33. The number of hydrogen-bond acceptors (Lipinski definition) is 6. The van der Waals surface area contributed by atoms with Gasteiger partial charge >= 0.3 is 5.97 Å². The molecule has 2 rings (SSSR count). The van der Waals surface area contributed by atoms with Crippen LogP contribution in [0.4, 0.5) is 0 Å². The molecular weight excluding hydrogens is 428 g/mol. The third kappa shape index (κ3) is 7.88. The lowest BCUT2D eigenvalue weighted by Gasteiger charge is -2.22. The quantitative estimate of drug-likeness (QED) is 0.183. The molecule has 0 unspecified atom stereocenters. The Bertz CT molecular complexity index is 975. The Morgan fingerprint density at radius 2 is 1.70 bits per heavy atom. The number of aliphatic carboxylic acids is 1. The largest absolute Gasteiger partial charge is 0.480 e. The summed E-state index contributed by atoms with van der Waals surface area (Å²) in [4.78, 5) is 51.5. The van der Waals surface area contributed by atoms with Crippen LogP contribution in [0.5, 0.6) is 0 Å². The van der Waals surface area contributed by atoms with Crippen molar-refractivity contribution >= 4 is 34.6 Å². The molecule has 1 aromatic heterocycles. The van der Waals surface area contributed by atoms with Crippen molar-refractivity contribution in [3.8, 4) is 0 Å². The molecule has 1 heterocycles. The van der Waals surface area contributed by atoms with Gasteiger partial charge in [-0.1, -0.05) is 24.6 Å². The number of benzene rings is 1. The molecular formula is C22H32N6O5. The molecule has 0 aliphatic rings. The number of H-pyrrole nitrogens is 1. The zero-order valence-electron chi connectivity index (χ0n) is 18.4. The summed E-state index contributed by atoms with van der Waals surface area (Å²) in [6.07, 6.45) is 3.21. The van der Waals surface area contributed by atoms with Gasteiger partial charge in [0.05, 0.1) is 6.04 Å². The SMILES string of the molecule is NCCCC[C@H](N)C(=O)N[C@@H](CCC(N)=O)C(=O)N[C@@H](Cc1c[nH]c2ccccc12)C(=O)O. The molecule has 0 fully saturated rings. The van der Waals surface area contributed by atoms with Crippen molar-refractivity contribution in [3.63, 3.8) is 0 Å². The minimum absolute atomic E-state index is 0.0280. The highest BCUT2D eigenvalue weighted by atomic mass is 16.4. The van der Waals surface area contributed by atoms with Gasteiger partial charge in [-0.25, -0.2) is 4.79 Å². The number of carbonyl (C=O) groups is 4. The summed E-state index contributed by atoms with van der Waals surface area (Å²) in [6.45, 7) is 0.477. The second-order valence-electron chi connectivity index (χ2n) is 7.92. The molecule has 10 N–H and O–H groups in total. The average Bonchev–Trinajstić information content (AvgIpc) is 3.18. The van der Waals surface area contributed by atoms with Crippen LogP contribution in [0.1, 0.15) is 37.7 Å². The van der Waals surface area contributed by atoms with Gasteiger partial charge in [-0.15, -0.1) is 0 Å². The van der Waals surface area contributed by atoms with Crippen LogP contribution in [0.15, 0.2) is 30.5 Å². The van der Waals surface area contributed by atoms with E-state index in [1.807, 2.05) is 24.3 Å².